The van der Waals surface area contributed by atoms with Gasteiger partial charge in [0.1, 0.15) is 0 Å². The third kappa shape index (κ3) is 4.71. The van der Waals surface area contributed by atoms with Gasteiger partial charge in [0.05, 0.1) is 5.66 Å². The molecule has 116 valence electrons. The van der Waals surface area contributed by atoms with E-state index in [0.29, 0.717) is 25.9 Å². The first-order valence-electron chi connectivity index (χ1n) is 6.89. The lowest BCUT2D eigenvalue weighted by molar-refractivity contribution is -0.149. The highest BCUT2D eigenvalue weighted by molar-refractivity contribution is 6.06. The van der Waals surface area contributed by atoms with Gasteiger partial charge in [-0.1, -0.05) is 0 Å². The lowest BCUT2D eigenvalue weighted by Crippen LogP contribution is -2.59. The summed E-state index contributed by atoms with van der Waals surface area (Å²) in [5.74, 6) is -1.94. The summed E-state index contributed by atoms with van der Waals surface area (Å²) < 4.78 is 0. The van der Waals surface area contributed by atoms with Gasteiger partial charge in [-0.2, -0.15) is 0 Å². The van der Waals surface area contributed by atoms with Gasteiger partial charge in [-0.25, -0.2) is 15.6 Å². The summed E-state index contributed by atoms with van der Waals surface area (Å²) in [5.41, 5.74) is 15.1. The number of carbonyl (C=O) groups is 2. The van der Waals surface area contributed by atoms with Crippen LogP contribution in [-0.2, 0) is 9.59 Å². The third-order valence-electron chi connectivity index (χ3n) is 3.50. The Morgan fingerprint density at radius 1 is 1.30 bits per heavy atom. The number of nitrogens with two attached hydrogens (primary N) is 2. The van der Waals surface area contributed by atoms with E-state index in [1.807, 2.05) is 6.92 Å². The molecule has 1 saturated heterocycles. The molecule has 8 nitrogen and oxygen atoms in total. The summed E-state index contributed by atoms with van der Waals surface area (Å²) in [6, 6.07) is 0. The van der Waals surface area contributed by atoms with Crippen LogP contribution < -0.4 is 27.6 Å². The molecule has 1 aliphatic rings. The Kier molecular flexibility index (Phi) is 5.88. The molecule has 1 fully saturated rings. The maximum atomic E-state index is 12.0. The maximum Gasteiger partial charge on any atom is 0.333 e. The van der Waals surface area contributed by atoms with Crippen LogP contribution in [-0.4, -0.2) is 41.3 Å². The number of amides is 1. The van der Waals surface area contributed by atoms with Gasteiger partial charge >= 0.3 is 5.97 Å². The number of aliphatic carboxylic acids is 1. The average Bonchev–Trinajstić information content (AvgIpc) is 3.12. The highest BCUT2D eigenvalue weighted by Gasteiger charge is 2.41. The molecule has 0 unspecified atom stereocenters. The van der Waals surface area contributed by atoms with Crippen LogP contribution in [0.5, 0.6) is 0 Å². The van der Waals surface area contributed by atoms with Crippen LogP contribution in [0.1, 0.15) is 39.0 Å². The molecule has 0 bridgehead atoms. The number of carboxylic acids is 1. The van der Waals surface area contributed by atoms with Gasteiger partial charge in [0.25, 0.3) is 5.91 Å². The lowest BCUT2D eigenvalue weighted by Gasteiger charge is -2.23. The van der Waals surface area contributed by atoms with Crippen molar-refractivity contribution in [3.05, 3.63) is 0 Å². The summed E-state index contributed by atoms with van der Waals surface area (Å²) in [4.78, 5) is 23.2. The Hall–Kier alpha value is -1.22. The van der Waals surface area contributed by atoms with Crippen molar-refractivity contribution >= 4 is 11.9 Å². The molecule has 8 heteroatoms. The SMILES string of the molecule is CC1(CCCNC(=O)[C@](N)(CCCCN)C(=O)O)NN1. The van der Waals surface area contributed by atoms with Crippen molar-refractivity contribution in [3.63, 3.8) is 0 Å². The molecule has 0 spiro atoms. The molecule has 1 amide bonds. The van der Waals surface area contributed by atoms with Crippen molar-refractivity contribution in [1.82, 2.24) is 16.2 Å². The van der Waals surface area contributed by atoms with Crippen LogP contribution in [0.2, 0.25) is 0 Å². The Bertz CT molecular complexity index is 359. The predicted octanol–water partition coefficient (Wildman–Crippen LogP) is -1.38. The number of hydrazine groups is 1. The standard InChI is InChI=1S/C12H25N5O3/c1-11(16-17-11)5-4-8-15-9(18)12(14,10(19)20)6-2-3-7-13/h16-17H,2-8,13-14H2,1H3,(H,15,18)(H,19,20)/t12-/m1/s1. The fourth-order valence-electron chi connectivity index (χ4n) is 1.90. The van der Waals surface area contributed by atoms with E-state index in [2.05, 4.69) is 16.2 Å². The molecule has 0 aliphatic carbocycles. The van der Waals surface area contributed by atoms with Crippen LogP contribution in [0.3, 0.4) is 0 Å². The van der Waals surface area contributed by atoms with Gasteiger partial charge in [0.2, 0.25) is 0 Å². The van der Waals surface area contributed by atoms with Gasteiger partial charge in [0, 0.05) is 6.54 Å². The number of nitrogens with one attached hydrogen (secondary N) is 3. The first-order chi connectivity index (χ1) is 9.34. The van der Waals surface area contributed by atoms with E-state index in [4.69, 9.17) is 16.6 Å². The molecule has 1 rings (SSSR count). The van der Waals surface area contributed by atoms with E-state index in [1.54, 1.807) is 0 Å². The van der Waals surface area contributed by atoms with E-state index >= 15 is 0 Å². The monoisotopic (exact) mass is 287 g/mol. The normalized spacial score (nSPS) is 19.1. The van der Waals surface area contributed by atoms with Crippen LogP contribution in [0, 0.1) is 0 Å². The summed E-state index contributed by atoms with van der Waals surface area (Å²) in [5, 5.41) is 11.8. The minimum atomic E-state index is -1.87. The molecular formula is C12H25N5O3. The maximum absolute atomic E-state index is 12.0. The summed E-state index contributed by atoms with van der Waals surface area (Å²) in [7, 11) is 0. The van der Waals surface area contributed by atoms with Crippen molar-refractivity contribution < 1.29 is 14.7 Å². The Morgan fingerprint density at radius 3 is 2.45 bits per heavy atom. The molecule has 20 heavy (non-hydrogen) atoms. The van der Waals surface area contributed by atoms with Crippen molar-refractivity contribution in [1.29, 1.82) is 0 Å². The number of carbonyl (C=O) groups excluding carboxylic acids is 1. The molecular weight excluding hydrogens is 262 g/mol. The number of hydrogen-bond donors (Lipinski definition) is 6. The second-order valence-electron chi connectivity index (χ2n) is 5.46. The molecule has 0 saturated carbocycles. The van der Waals surface area contributed by atoms with Crippen LogP contribution >= 0.6 is 0 Å². The smallest absolute Gasteiger partial charge is 0.333 e. The number of hydrogen-bond acceptors (Lipinski definition) is 6. The zero-order valence-electron chi connectivity index (χ0n) is 11.9. The average molecular weight is 287 g/mol. The molecule has 0 aromatic heterocycles. The Labute approximate surface area is 118 Å². The van der Waals surface area contributed by atoms with Gasteiger partial charge < -0.3 is 21.9 Å². The summed E-state index contributed by atoms with van der Waals surface area (Å²) >= 11 is 0. The van der Waals surface area contributed by atoms with Crippen molar-refractivity contribution in [2.75, 3.05) is 13.1 Å². The molecule has 8 N–H and O–H groups in total. The first kappa shape index (κ1) is 16.8. The van der Waals surface area contributed by atoms with Crippen LogP contribution in [0.4, 0.5) is 0 Å². The van der Waals surface area contributed by atoms with E-state index in [-0.39, 0.29) is 12.1 Å². The van der Waals surface area contributed by atoms with Crippen LogP contribution in [0.15, 0.2) is 0 Å². The number of rotatable bonds is 10. The highest BCUT2D eigenvalue weighted by Crippen LogP contribution is 2.16. The number of carboxylic acid groups (broad SMARTS) is 1. The fraction of sp³-hybridized carbons (Fsp3) is 0.833. The molecule has 0 aromatic rings. The predicted molar refractivity (Wildman–Crippen MR) is 74.4 cm³/mol. The van der Waals surface area contributed by atoms with Gasteiger partial charge in [-0.15, -0.1) is 0 Å². The molecule has 1 atom stereocenters. The second-order valence-corrected chi connectivity index (χ2v) is 5.46. The van der Waals surface area contributed by atoms with Crippen molar-refractivity contribution in [2.24, 2.45) is 11.5 Å². The summed E-state index contributed by atoms with van der Waals surface area (Å²) in [6.07, 6.45) is 2.83. The topological polar surface area (TPSA) is 162 Å². The lowest BCUT2D eigenvalue weighted by atomic mass is 9.92. The first-order valence-corrected chi connectivity index (χ1v) is 6.89. The number of unbranched alkanes of at least 4 members (excludes halogenated alkanes) is 1. The van der Waals surface area contributed by atoms with Gasteiger partial charge in [0.15, 0.2) is 5.54 Å². The molecule has 1 aliphatic heterocycles. The quantitative estimate of drug-likeness (QED) is 0.164. The van der Waals surface area contributed by atoms with Crippen LogP contribution in [0.25, 0.3) is 0 Å². The van der Waals surface area contributed by atoms with E-state index in [0.717, 1.165) is 12.8 Å². The Morgan fingerprint density at radius 2 is 1.95 bits per heavy atom. The largest absolute Gasteiger partial charge is 0.479 e. The highest BCUT2D eigenvalue weighted by atomic mass is 16.4. The second kappa shape index (κ2) is 6.98. The fourth-order valence-corrected chi connectivity index (χ4v) is 1.90. The van der Waals surface area contributed by atoms with E-state index in [1.165, 1.54) is 0 Å². The molecule has 0 radical (unpaired) electrons. The minimum Gasteiger partial charge on any atom is -0.479 e. The van der Waals surface area contributed by atoms with E-state index in [9.17, 15) is 9.59 Å². The van der Waals surface area contributed by atoms with Crippen molar-refractivity contribution in [3.8, 4) is 0 Å². The Balaban J connectivity index is 2.36. The van der Waals surface area contributed by atoms with Gasteiger partial charge in [-0.3, -0.25) is 4.79 Å². The zero-order valence-corrected chi connectivity index (χ0v) is 11.9. The zero-order chi connectivity index (χ0) is 15.2. The van der Waals surface area contributed by atoms with E-state index < -0.39 is 17.4 Å². The minimum absolute atomic E-state index is 0.0571. The molecule has 1 heterocycles. The van der Waals surface area contributed by atoms with Crippen molar-refractivity contribution in [2.45, 2.75) is 50.2 Å². The molecule has 0 aromatic carbocycles. The summed E-state index contributed by atoms with van der Waals surface area (Å²) in [6.45, 7) is 2.86. The van der Waals surface area contributed by atoms with Gasteiger partial charge in [-0.05, 0) is 45.6 Å². The third-order valence-corrected chi connectivity index (χ3v) is 3.50.